The van der Waals surface area contributed by atoms with Gasteiger partial charge in [-0.2, -0.15) is 4.68 Å². The zero-order valence-electron chi connectivity index (χ0n) is 11.4. The van der Waals surface area contributed by atoms with E-state index in [1.54, 1.807) is 6.92 Å². The van der Waals surface area contributed by atoms with Crippen LogP contribution in [0.15, 0.2) is 0 Å². The molecule has 0 bridgehead atoms. The summed E-state index contributed by atoms with van der Waals surface area (Å²) in [6.45, 7) is 9.90. The van der Waals surface area contributed by atoms with Crippen molar-refractivity contribution in [3.05, 3.63) is 11.3 Å². The summed E-state index contributed by atoms with van der Waals surface area (Å²) in [6, 6.07) is 0. The Morgan fingerprint density at radius 2 is 2.11 bits per heavy atom. The summed E-state index contributed by atoms with van der Waals surface area (Å²) >= 11 is 0. The predicted molar refractivity (Wildman–Crippen MR) is 68.1 cm³/mol. The van der Waals surface area contributed by atoms with E-state index in [2.05, 4.69) is 30.8 Å². The highest BCUT2D eigenvalue weighted by Crippen LogP contribution is 2.32. The molecule has 1 aliphatic heterocycles. The Hall–Kier alpha value is -1.56. The number of nitrogen functional groups attached to an aromatic ring is 1. The fourth-order valence-corrected chi connectivity index (χ4v) is 2.08. The van der Waals surface area contributed by atoms with Crippen LogP contribution in [0.1, 0.15) is 39.0 Å². The van der Waals surface area contributed by atoms with Crippen LogP contribution in [0, 0.1) is 0 Å². The molecular weight excluding hydrogens is 232 g/mol. The van der Waals surface area contributed by atoms with Gasteiger partial charge in [-0.05, 0) is 27.7 Å². The first-order valence-electron chi connectivity index (χ1n) is 6.13. The fraction of sp³-hybridized carbons (Fsp3) is 0.667. The second-order valence-electron chi connectivity index (χ2n) is 5.45. The fourth-order valence-electron chi connectivity index (χ4n) is 2.08. The van der Waals surface area contributed by atoms with E-state index in [0.29, 0.717) is 19.0 Å². The Morgan fingerprint density at radius 1 is 1.44 bits per heavy atom. The summed E-state index contributed by atoms with van der Waals surface area (Å²) in [5.41, 5.74) is 7.69. The maximum atomic E-state index is 11.8. The van der Waals surface area contributed by atoms with Crippen molar-refractivity contribution in [1.82, 2.24) is 14.7 Å². The molecule has 0 saturated carbocycles. The van der Waals surface area contributed by atoms with E-state index in [1.807, 2.05) is 0 Å². The maximum absolute atomic E-state index is 11.8. The molecule has 2 N–H and O–H groups in total. The van der Waals surface area contributed by atoms with Crippen LogP contribution in [-0.2, 0) is 17.8 Å². The average molecular weight is 252 g/mol. The summed E-state index contributed by atoms with van der Waals surface area (Å²) in [5.74, 6) is 0.421. The first kappa shape index (κ1) is 12.9. The second kappa shape index (κ2) is 4.28. The smallest absolute Gasteiger partial charge is 0.435 e. The summed E-state index contributed by atoms with van der Waals surface area (Å²) in [7, 11) is 0. The van der Waals surface area contributed by atoms with Gasteiger partial charge in [0.15, 0.2) is 5.82 Å². The zero-order chi connectivity index (χ0) is 13.5. The number of fused-ring (bicyclic) bond motifs is 1. The van der Waals surface area contributed by atoms with E-state index < -0.39 is 6.09 Å². The summed E-state index contributed by atoms with van der Waals surface area (Å²) in [6.07, 6.45) is -0.457. The molecule has 0 aromatic carbocycles. The quantitative estimate of drug-likeness (QED) is 0.821. The largest absolute Gasteiger partial charge is 0.448 e. The first-order valence-corrected chi connectivity index (χ1v) is 6.13. The highest BCUT2D eigenvalue weighted by atomic mass is 16.5. The summed E-state index contributed by atoms with van der Waals surface area (Å²) < 4.78 is 6.27. The molecule has 0 fully saturated rings. The van der Waals surface area contributed by atoms with Crippen molar-refractivity contribution in [3.63, 3.8) is 0 Å². The molecule has 1 aromatic rings. The van der Waals surface area contributed by atoms with Gasteiger partial charge in [0, 0.05) is 24.2 Å². The van der Waals surface area contributed by atoms with Gasteiger partial charge >= 0.3 is 6.09 Å². The van der Waals surface area contributed by atoms with E-state index in [0.717, 1.165) is 17.8 Å². The van der Waals surface area contributed by atoms with Gasteiger partial charge in [-0.25, -0.2) is 4.79 Å². The van der Waals surface area contributed by atoms with Crippen LogP contribution in [0.2, 0.25) is 0 Å². The lowest BCUT2D eigenvalue weighted by Gasteiger charge is -2.31. The summed E-state index contributed by atoms with van der Waals surface area (Å²) in [5, 5.41) is 4.06. The standard InChI is InChI=1S/C12H20N4O2/c1-5-18-11(17)16-9-7-15(12(2,3)4)6-8(9)10(13)14-16/h5-7H2,1-4H3,(H2,13,14). The number of nitrogens with zero attached hydrogens (tertiary/aromatic N) is 3. The van der Waals surface area contributed by atoms with Gasteiger partial charge < -0.3 is 10.5 Å². The van der Waals surface area contributed by atoms with Crippen molar-refractivity contribution in [3.8, 4) is 0 Å². The number of hydrogen-bond donors (Lipinski definition) is 1. The van der Waals surface area contributed by atoms with Gasteiger partial charge in [0.25, 0.3) is 0 Å². The van der Waals surface area contributed by atoms with Crippen molar-refractivity contribution in [1.29, 1.82) is 0 Å². The number of ether oxygens (including phenoxy) is 1. The van der Waals surface area contributed by atoms with E-state index in [-0.39, 0.29) is 5.54 Å². The van der Waals surface area contributed by atoms with E-state index in [1.165, 1.54) is 4.68 Å². The Labute approximate surface area is 107 Å². The molecule has 0 amide bonds. The van der Waals surface area contributed by atoms with Crippen molar-refractivity contribution in [2.75, 3.05) is 12.3 Å². The average Bonchev–Trinajstić information content (AvgIpc) is 2.79. The maximum Gasteiger partial charge on any atom is 0.435 e. The van der Waals surface area contributed by atoms with Crippen LogP contribution in [0.3, 0.4) is 0 Å². The SMILES string of the molecule is CCOC(=O)n1nc(N)c2c1CN(C(C)(C)C)C2. The van der Waals surface area contributed by atoms with E-state index in [9.17, 15) is 4.79 Å². The topological polar surface area (TPSA) is 73.4 Å². The van der Waals surface area contributed by atoms with Crippen LogP contribution >= 0.6 is 0 Å². The minimum atomic E-state index is -0.457. The molecule has 0 aliphatic carbocycles. The predicted octanol–water partition coefficient (Wildman–Crippen LogP) is 1.58. The normalized spacial score (nSPS) is 15.8. The zero-order valence-corrected chi connectivity index (χ0v) is 11.4. The van der Waals surface area contributed by atoms with Gasteiger partial charge in [0.1, 0.15) is 0 Å². The third kappa shape index (κ3) is 2.08. The Kier molecular flexibility index (Phi) is 3.06. The first-order chi connectivity index (χ1) is 8.34. The van der Waals surface area contributed by atoms with Crippen LogP contribution in [0.4, 0.5) is 10.6 Å². The molecule has 2 rings (SSSR count). The molecule has 0 saturated heterocycles. The minimum absolute atomic E-state index is 0.0327. The van der Waals surface area contributed by atoms with Gasteiger partial charge in [-0.15, -0.1) is 5.10 Å². The highest BCUT2D eigenvalue weighted by molar-refractivity contribution is 5.72. The second-order valence-corrected chi connectivity index (χ2v) is 5.45. The third-order valence-electron chi connectivity index (χ3n) is 3.20. The lowest BCUT2D eigenvalue weighted by molar-refractivity contribution is 0.128. The molecular formula is C12H20N4O2. The molecule has 0 atom stereocenters. The molecule has 0 radical (unpaired) electrons. The van der Waals surface area contributed by atoms with Gasteiger partial charge in [0.05, 0.1) is 12.3 Å². The molecule has 6 heteroatoms. The van der Waals surface area contributed by atoms with E-state index >= 15 is 0 Å². The minimum Gasteiger partial charge on any atom is -0.448 e. The molecule has 1 aliphatic rings. The highest BCUT2D eigenvalue weighted by Gasteiger charge is 2.34. The van der Waals surface area contributed by atoms with Gasteiger partial charge in [0.2, 0.25) is 0 Å². The number of hydrogen-bond acceptors (Lipinski definition) is 5. The monoisotopic (exact) mass is 252 g/mol. The number of carbonyl (C=O) groups excluding carboxylic acids is 1. The lowest BCUT2D eigenvalue weighted by atomic mass is 10.1. The molecule has 1 aromatic heterocycles. The molecule has 0 spiro atoms. The Morgan fingerprint density at radius 3 is 2.67 bits per heavy atom. The van der Waals surface area contributed by atoms with Crippen molar-refractivity contribution in [2.24, 2.45) is 0 Å². The molecule has 2 heterocycles. The number of carbonyl (C=O) groups is 1. The lowest BCUT2D eigenvalue weighted by Crippen LogP contribution is -2.37. The number of aromatic nitrogens is 2. The Balaban J connectivity index is 2.30. The van der Waals surface area contributed by atoms with Gasteiger partial charge in [-0.1, -0.05) is 0 Å². The molecule has 6 nitrogen and oxygen atoms in total. The third-order valence-corrected chi connectivity index (χ3v) is 3.20. The van der Waals surface area contributed by atoms with Crippen molar-refractivity contribution < 1.29 is 9.53 Å². The summed E-state index contributed by atoms with van der Waals surface area (Å²) in [4.78, 5) is 14.0. The number of nitrogens with two attached hydrogens (primary N) is 1. The van der Waals surface area contributed by atoms with Crippen LogP contribution < -0.4 is 5.73 Å². The molecule has 18 heavy (non-hydrogen) atoms. The van der Waals surface area contributed by atoms with E-state index in [4.69, 9.17) is 10.5 Å². The Bertz CT molecular complexity index is 473. The van der Waals surface area contributed by atoms with Crippen LogP contribution in [0.5, 0.6) is 0 Å². The van der Waals surface area contributed by atoms with Crippen LogP contribution in [-0.4, -0.2) is 32.9 Å². The number of rotatable bonds is 1. The molecule has 100 valence electrons. The van der Waals surface area contributed by atoms with Gasteiger partial charge in [-0.3, -0.25) is 4.90 Å². The molecule has 0 unspecified atom stereocenters. The van der Waals surface area contributed by atoms with Crippen LogP contribution in [0.25, 0.3) is 0 Å². The number of anilines is 1. The van der Waals surface area contributed by atoms with Crippen molar-refractivity contribution in [2.45, 2.75) is 46.3 Å². The van der Waals surface area contributed by atoms with Crippen molar-refractivity contribution >= 4 is 11.9 Å².